The lowest BCUT2D eigenvalue weighted by Gasteiger charge is -2.25. The second-order valence-corrected chi connectivity index (χ2v) is 6.80. The smallest absolute Gasteiger partial charge is 0.255 e. The molecule has 1 fully saturated rings. The number of likely N-dealkylation sites (tertiary alicyclic amines) is 1. The van der Waals surface area contributed by atoms with E-state index in [0.717, 1.165) is 35.8 Å². The van der Waals surface area contributed by atoms with Gasteiger partial charge in [0.25, 0.3) is 5.91 Å². The maximum Gasteiger partial charge on any atom is 0.255 e. The number of hydrogen-bond donors (Lipinski definition) is 0. The lowest BCUT2D eigenvalue weighted by Crippen LogP contribution is -2.34. The summed E-state index contributed by atoms with van der Waals surface area (Å²) in [6, 6.07) is 8.44. The standard InChI is InChI=1S/C18H18BrFN2O/c19-16-9-15(10-21-11-16)18(23)22-8-2-1-3-14(12-22)13-4-6-17(20)7-5-13/h4-7,9-11,14H,1-3,8,12H2. The number of halogens is 2. The normalized spacial score (nSPS) is 18.5. The lowest BCUT2D eigenvalue weighted by atomic mass is 9.94. The summed E-state index contributed by atoms with van der Waals surface area (Å²) in [5.41, 5.74) is 1.69. The molecule has 0 N–H and O–H groups in total. The molecule has 2 heterocycles. The van der Waals surface area contributed by atoms with E-state index in [4.69, 9.17) is 0 Å². The fourth-order valence-electron chi connectivity index (χ4n) is 3.04. The number of pyridine rings is 1. The fourth-order valence-corrected chi connectivity index (χ4v) is 3.41. The SMILES string of the molecule is O=C(c1cncc(Br)c1)N1CCCCC(c2ccc(F)cc2)C1. The minimum Gasteiger partial charge on any atom is -0.338 e. The van der Waals surface area contributed by atoms with Crippen LogP contribution in [0.4, 0.5) is 4.39 Å². The van der Waals surface area contributed by atoms with Crippen LogP contribution in [-0.4, -0.2) is 28.9 Å². The Morgan fingerprint density at radius 1 is 1.22 bits per heavy atom. The molecule has 1 unspecified atom stereocenters. The Morgan fingerprint density at radius 3 is 2.74 bits per heavy atom. The molecule has 23 heavy (non-hydrogen) atoms. The average molecular weight is 377 g/mol. The highest BCUT2D eigenvalue weighted by Gasteiger charge is 2.24. The summed E-state index contributed by atoms with van der Waals surface area (Å²) in [4.78, 5) is 18.7. The van der Waals surface area contributed by atoms with Crippen molar-refractivity contribution in [3.63, 3.8) is 0 Å². The summed E-state index contributed by atoms with van der Waals surface area (Å²) in [6.45, 7) is 1.42. The first-order chi connectivity index (χ1) is 11.1. The quantitative estimate of drug-likeness (QED) is 0.778. The van der Waals surface area contributed by atoms with Crippen molar-refractivity contribution in [1.82, 2.24) is 9.88 Å². The van der Waals surface area contributed by atoms with E-state index in [0.29, 0.717) is 12.1 Å². The van der Waals surface area contributed by atoms with E-state index < -0.39 is 0 Å². The van der Waals surface area contributed by atoms with Gasteiger partial charge in [-0.1, -0.05) is 18.6 Å². The van der Waals surface area contributed by atoms with Crippen LogP contribution in [-0.2, 0) is 0 Å². The predicted octanol–water partition coefficient (Wildman–Crippen LogP) is 4.39. The number of benzene rings is 1. The van der Waals surface area contributed by atoms with Gasteiger partial charge >= 0.3 is 0 Å². The van der Waals surface area contributed by atoms with Crippen LogP contribution in [0.1, 0.15) is 41.1 Å². The van der Waals surface area contributed by atoms with Gasteiger partial charge in [0.1, 0.15) is 5.82 Å². The van der Waals surface area contributed by atoms with Gasteiger partial charge in [0, 0.05) is 35.9 Å². The maximum absolute atomic E-state index is 13.1. The summed E-state index contributed by atoms with van der Waals surface area (Å²) in [6.07, 6.45) is 6.35. The van der Waals surface area contributed by atoms with Crippen LogP contribution in [0.2, 0.25) is 0 Å². The van der Waals surface area contributed by atoms with Gasteiger partial charge in [0.15, 0.2) is 0 Å². The van der Waals surface area contributed by atoms with Crippen LogP contribution in [0.25, 0.3) is 0 Å². The molecule has 0 aliphatic carbocycles. The van der Waals surface area contributed by atoms with Gasteiger partial charge in [-0.3, -0.25) is 9.78 Å². The number of carbonyl (C=O) groups excluding carboxylic acids is 1. The Kier molecular flexibility index (Phi) is 5.06. The van der Waals surface area contributed by atoms with E-state index in [1.807, 2.05) is 17.0 Å². The molecule has 3 rings (SSSR count). The first-order valence-electron chi connectivity index (χ1n) is 7.79. The first-order valence-corrected chi connectivity index (χ1v) is 8.58. The number of carbonyl (C=O) groups is 1. The van der Waals surface area contributed by atoms with Crippen LogP contribution in [0.15, 0.2) is 47.2 Å². The highest BCUT2D eigenvalue weighted by atomic mass is 79.9. The second-order valence-electron chi connectivity index (χ2n) is 5.89. The molecule has 0 bridgehead atoms. The minimum absolute atomic E-state index is 0.00723. The van der Waals surface area contributed by atoms with E-state index in [9.17, 15) is 9.18 Å². The molecule has 0 saturated carbocycles. The first kappa shape index (κ1) is 16.1. The predicted molar refractivity (Wildman–Crippen MR) is 90.8 cm³/mol. The molecule has 1 aromatic carbocycles. The number of aromatic nitrogens is 1. The fraction of sp³-hybridized carbons (Fsp3) is 0.333. The Balaban J connectivity index is 1.79. The molecular weight excluding hydrogens is 359 g/mol. The molecule has 1 atom stereocenters. The van der Waals surface area contributed by atoms with Crippen molar-refractivity contribution in [1.29, 1.82) is 0 Å². The molecule has 1 aliphatic heterocycles. The molecule has 0 spiro atoms. The molecular formula is C18H18BrFN2O. The van der Waals surface area contributed by atoms with Crippen molar-refractivity contribution in [3.8, 4) is 0 Å². The highest BCUT2D eigenvalue weighted by Crippen LogP contribution is 2.27. The summed E-state index contributed by atoms with van der Waals surface area (Å²) in [5, 5.41) is 0. The maximum atomic E-state index is 13.1. The molecule has 1 aliphatic rings. The number of rotatable bonds is 2. The van der Waals surface area contributed by atoms with E-state index >= 15 is 0 Å². The van der Waals surface area contributed by atoms with E-state index in [1.165, 1.54) is 12.1 Å². The molecule has 1 saturated heterocycles. The lowest BCUT2D eigenvalue weighted by molar-refractivity contribution is 0.0754. The monoisotopic (exact) mass is 376 g/mol. The Morgan fingerprint density at radius 2 is 2.00 bits per heavy atom. The Bertz CT molecular complexity index is 690. The minimum atomic E-state index is -0.226. The van der Waals surface area contributed by atoms with E-state index in [1.54, 1.807) is 18.5 Å². The molecule has 120 valence electrons. The molecule has 1 aromatic heterocycles. The zero-order valence-corrected chi connectivity index (χ0v) is 14.3. The van der Waals surface area contributed by atoms with Gasteiger partial charge in [-0.25, -0.2) is 4.39 Å². The van der Waals surface area contributed by atoms with Gasteiger partial charge in [0.2, 0.25) is 0 Å². The summed E-state index contributed by atoms with van der Waals surface area (Å²) in [5.74, 6) is 0.0329. The van der Waals surface area contributed by atoms with E-state index in [-0.39, 0.29) is 17.6 Å². The molecule has 2 aromatic rings. The third kappa shape index (κ3) is 3.96. The molecule has 0 radical (unpaired) electrons. The number of amides is 1. The third-order valence-corrected chi connectivity index (χ3v) is 4.69. The topological polar surface area (TPSA) is 33.2 Å². The third-order valence-electron chi connectivity index (χ3n) is 4.25. The number of nitrogens with zero attached hydrogens (tertiary/aromatic N) is 2. The molecule has 1 amide bonds. The number of hydrogen-bond acceptors (Lipinski definition) is 2. The van der Waals surface area contributed by atoms with Crippen LogP contribution in [0.5, 0.6) is 0 Å². The van der Waals surface area contributed by atoms with Gasteiger partial charge in [-0.05, 0) is 52.5 Å². The summed E-state index contributed by atoms with van der Waals surface area (Å²) >= 11 is 3.36. The Labute approximate surface area is 143 Å². The van der Waals surface area contributed by atoms with Crippen molar-refractivity contribution >= 4 is 21.8 Å². The second kappa shape index (κ2) is 7.21. The van der Waals surface area contributed by atoms with E-state index in [2.05, 4.69) is 20.9 Å². The van der Waals surface area contributed by atoms with Crippen LogP contribution in [0.3, 0.4) is 0 Å². The summed E-state index contributed by atoms with van der Waals surface area (Å²) < 4.78 is 13.9. The molecule has 5 heteroatoms. The zero-order valence-electron chi connectivity index (χ0n) is 12.7. The van der Waals surface area contributed by atoms with Crippen LogP contribution >= 0.6 is 15.9 Å². The van der Waals surface area contributed by atoms with Crippen molar-refractivity contribution in [2.75, 3.05) is 13.1 Å². The highest BCUT2D eigenvalue weighted by molar-refractivity contribution is 9.10. The van der Waals surface area contributed by atoms with Crippen molar-refractivity contribution in [2.24, 2.45) is 0 Å². The average Bonchev–Trinajstić information content (AvgIpc) is 2.81. The molecule has 3 nitrogen and oxygen atoms in total. The van der Waals surface area contributed by atoms with Gasteiger partial charge in [-0.2, -0.15) is 0 Å². The van der Waals surface area contributed by atoms with Gasteiger partial charge in [0.05, 0.1) is 5.56 Å². The van der Waals surface area contributed by atoms with Crippen LogP contribution < -0.4 is 0 Å². The largest absolute Gasteiger partial charge is 0.338 e. The van der Waals surface area contributed by atoms with Crippen LogP contribution in [0, 0.1) is 5.82 Å². The van der Waals surface area contributed by atoms with Crippen molar-refractivity contribution in [3.05, 3.63) is 64.1 Å². The van der Waals surface area contributed by atoms with Crippen molar-refractivity contribution in [2.45, 2.75) is 25.2 Å². The van der Waals surface area contributed by atoms with Gasteiger partial charge in [-0.15, -0.1) is 0 Å². The zero-order chi connectivity index (χ0) is 16.2. The Hall–Kier alpha value is -1.75. The summed E-state index contributed by atoms with van der Waals surface area (Å²) in [7, 11) is 0. The van der Waals surface area contributed by atoms with Crippen molar-refractivity contribution < 1.29 is 9.18 Å². The van der Waals surface area contributed by atoms with Gasteiger partial charge < -0.3 is 4.90 Å².